The average molecular weight is 392 g/mol. The lowest BCUT2D eigenvalue weighted by Crippen LogP contribution is -2.13. The first-order valence-corrected chi connectivity index (χ1v) is 12.1. The summed E-state index contributed by atoms with van der Waals surface area (Å²) in [5, 5.41) is 8.51. The molecule has 0 spiro atoms. The zero-order valence-corrected chi connectivity index (χ0v) is 18.6. The molecule has 0 aromatic heterocycles. The third-order valence-corrected chi connectivity index (χ3v) is 6.48. The number of hydrogen-bond acceptors (Lipinski definition) is 1. The molecule has 1 aromatic carbocycles. The first-order chi connectivity index (χ1) is 14.3. The van der Waals surface area contributed by atoms with Gasteiger partial charge in [0, 0.05) is 6.08 Å². The van der Waals surface area contributed by atoms with Crippen LogP contribution in [0, 0.1) is 23.2 Å². The van der Waals surface area contributed by atoms with Crippen molar-refractivity contribution in [1.29, 1.82) is 5.26 Å². The van der Waals surface area contributed by atoms with E-state index in [0.717, 1.165) is 11.8 Å². The largest absolute Gasteiger partial charge is 0.193 e. The van der Waals surface area contributed by atoms with Crippen LogP contribution in [-0.4, -0.2) is 0 Å². The molecule has 0 heterocycles. The quantitative estimate of drug-likeness (QED) is 0.188. The maximum atomic E-state index is 8.51. The fraction of sp³-hybridized carbons (Fsp3) is 0.607. The van der Waals surface area contributed by atoms with E-state index in [0.29, 0.717) is 0 Å². The van der Waals surface area contributed by atoms with Crippen LogP contribution in [0.4, 0.5) is 0 Å². The summed E-state index contributed by atoms with van der Waals surface area (Å²) in [6.45, 7) is 2.28. The molecule has 1 saturated carbocycles. The van der Waals surface area contributed by atoms with E-state index >= 15 is 0 Å². The Morgan fingerprint density at radius 2 is 1.45 bits per heavy atom. The Labute approximate surface area is 179 Å². The van der Waals surface area contributed by atoms with Crippen molar-refractivity contribution in [3.63, 3.8) is 0 Å². The topological polar surface area (TPSA) is 23.8 Å². The van der Waals surface area contributed by atoms with E-state index in [-0.39, 0.29) is 0 Å². The Bertz CT molecular complexity index is 623. The molecule has 158 valence electrons. The summed E-state index contributed by atoms with van der Waals surface area (Å²) in [5.74, 6) is 1.66. The van der Waals surface area contributed by atoms with Gasteiger partial charge in [-0.3, -0.25) is 0 Å². The number of rotatable bonds is 13. The van der Waals surface area contributed by atoms with Gasteiger partial charge in [-0.15, -0.1) is 0 Å². The van der Waals surface area contributed by atoms with Gasteiger partial charge in [0.05, 0.1) is 6.07 Å². The number of nitrogens with zero attached hydrogens (tertiary/aromatic N) is 1. The normalized spacial score (nSPS) is 19.7. The number of unbranched alkanes of at least 4 members (excludes halogenated alkanes) is 5. The van der Waals surface area contributed by atoms with Gasteiger partial charge in [0.15, 0.2) is 0 Å². The van der Waals surface area contributed by atoms with Crippen molar-refractivity contribution in [3.05, 3.63) is 59.7 Å². The molecule has 0 N–H and O–H groups in total. The summed E-state index contributed by atoms with van der Waals surface area (Å²) in [6.07, 6.45) is 26.6. The van der Waals surface area contributed by atoms with Crippen LogP contribution in [0.2, 0.25) is 0 Å². The van der Waals surface area contributed by atoms with Gasteiger partial charge >= 0.3 is 0 Å². The van der Waals surface area contributed by atoms with Gasteiger partial charge in [-0.1, -0.05) is 87.9 Å². The molecule has 0 bridgehead atoms. The molecule has 0 aliphatic heterocycles. The minimum Gasteiger partial charge on any atom is -0.193 e. The van der Waals surface area contributed by atoms with Gasteiger partial charge in [0.2, 0.25) is 0 Å². The fourth-order valence-electron chi connectivity index (χ4n) is 4.56. The van der Waals surface area contributed by atoms with Crippen molar-refractivity contribution in [3.8, 4) is 6.07 Å². The van der Waals surface area contributed by atoms with Crippen LogP contribution in [-0.2, 0) is 12.8 Å². The van der Waals surface area contributed by atoms with E-state index in [2.05, 4.69) is 37.3 Å². The van der Waals surface area contributed by atoms with Gasteiger partial charge in [-0.05, 0) is 74.3 Å². The molecular formula is C28H41N. The van der Waals surface area contributed by atoms with Gasteiger partial charge in [-0.25, -0.2) is 0 Å². The number of hydrogen-bond donors (Lipinski definition) is 0. The van der Waals surface area contributed by atoms with E-state index in [4.69, 9.17) is 5.26 Å². The molecule has 0 atom stereocenters. The summed E-state index contributed by atoms with van der Waals surface area (Å²) >= 11 is 0. The van der Waals surface area contributed by atoms with E-state index in [1.807, 2.05) is 18.2 Å². The first kappa shape index (κ1) is 23.5. The van der Waals surface area contributed by atoms with Crippen LogP contribution in [0.3, 0.4) is 0 Å². The first-order valence-electron chi connectivity index (χ1n) is 12.1. The minimum atomic E-state index is 0.722. The summed E-state index contributed by atoms with van der Waals surface area (Å²) in [6, 6.07) is 11.5. The van der Waals surface area contributed by atoms with Crippen molar-refractivity contribution in [2.24, 2.45) is 11.8 Å². The average Bonchev–Trinajstić information content (AvgIpc) is 2.76. The van der Waals surface area contributed by atoms with Gasteiger partial charge < -0.3 is 0 Å². The molecule has 0 saturated heterocycles. The maximum absolute atomic E-state index is 8.51. The van der Waals surface area contributed by atoms with Crippen molar-refractivity contribution in [2.75, 3.05) is 0 Å². The van der Waals surface area contributed by atoms with Crippen LogP contribution in [0.15, 0.2) is 48.6 Å². The molecule has 1 fully saturated rings. The second-order valence-electron chi connectivity index (χ2n) is 8.88. The highest BCUT2D eigenvalue weighted by atomic mass is 14.2. The van der Waals surface area contributed by atoms with Gasteiger partial charge in [-0.2, -0.15) is 5.26 Å². The van der Waals surface area contributed by atoms with Crippen molar-refractivity contribution < 1.29 is 0 Å². The maximum Gasteiger partial charge on any atom is 0.0912 e. The Morgan fingerprint density at radius 3 is 2.07 bits per heavy atom. The van der Waals surface area contributed by atoms with Gasteiger partial charge in [0.1, 0.15) is 0 Å². The predicted octanol–water partition coefficient (Wildman–Crippen LogP) is 8.35. The van der Waals surface area contributed by atoms with E-state index < -0.39 is 0 Å². The molecule has 1 aliphatic rings. The highest BCUT2D eigenvalue weighted by molar-refractivity contribution is 5.22. The monoisotopic (exact) mass is 391 g/mol. The Kier molecular flexibility index (Phi) is 12.2. The van der Waals surface area contributed by atoms with Crippen LogP contribution in [0.25, 0.3) is 0 Å². The SMILES string of the molecule is CCCCCCCc1ccc(CCCC[C@H]2CC[C@H](C=CC=CC#N)CC2)cc1. The molecule has 2 rings (SSSR count). The minimum absolute atomic E-state index is 0.722. The van der Waals surface area contributed by atoms with Crippen LogP contribution < -0.4 is 0 Å². The molecule has 0 radical (unpaired) electrons. The van der Waals surface area contributed by atoms with Crippen molar-refractivity contribution in [2.45, 2.75) is 96.8 Å². The van der Waals surface area contributed by atoms with Crippen LogP contribution in [0.5, 0.6) is 0 Å². The lowest BCUT2D eigenvalue weighted by molar-refractivity contribution is 0.289. The second kappa shape index (κ2) is 15.1. The number of aryl methyl sites for hydroxylation is 2. The fourth-order valence-corrected chi connectivity index (χ4v) is 4.56. The predicted molar refractivity (Wildman–Crippen MR) is 126 cm³/mol. The Morgan fingerprint density at radius 1 is 0.828 bits per heavy atom. The van der Waals surface area contributed by atoms with Crippen LogP contribution in [0.1, 0.15) is 95.1 Å². The molecule has 1 aromatic rings. The van der Waals surface area contributed by atoms with E-state index in [9.17, 15) is 0 Å². The third-order valence-electron chi connectivity index (χ3n) is 6.48. The van der Waals surface area contributed by atoms with Crippen LogP contribution >= 0.6 is 0 Å². The Hall–Kier alpha value is -1.81. The molecule has 0 unspecified atom stereocenters. The zero-order valence-electron chi connectivity index (χ0n) is 18.6. The standard InChI is InChI=1S/C28H41N/c1-2-3-4-5-7-12-25-16-20-27(21-17-25)14-9-10-15-28-22-18-26(19-23-28)13-8-6-11-24-29/h6,8,11,13,16-17,20-21,26,28H,2-5,7,9-10,12,14-15,18-19,22-23H2,1H3/t26-,28-. The molecule has 1 nitrogen and oxygen atoms in total. The molecule has 29 heavy (non-hydrogen) atoms. The number of nitriles is 1. The third kappa shape index (κ3) is 10.5. The highest BCUT2D eigenvalue weighted by Crippen LogP contribution is 2.32. The summed E-state index contributed by atoms with van der Waals surface area (Å²) in [7, 11) is 0. The molecule has 1 aliphatic carbocycles. The highest BCUT2D eigenvalue weighted by Gasteiger charge is 2.18. The van der Waals surface area contributed by atoms with Gasteiger partial charge in [0.25, 0.3) is 0 Å². The summed E-state index contributed by atoms with van der Waals surface area (Å²) in [4.78, 5) is 0. The zero-order chi connectivity index (χ0) is 20.6. The molecule has 0 amide bonds. The molecular weight excluding hydrogens is 350 g/mol. The number of benzene rings is 1. The van der Waals surface area contributed by atoms with Crippen molar-refractivity contribution >= 4 is 0 Å². The van der Waals surface area contributed by atoms with E-state index in [1.54, 1.807) is 6.08 Å². The lowest BCUT2D eigenvalue weighted by Gasteiger charge is -2.26. The summed E-state index contributed by atoms with van der Waals surface area (Å²) < 4.78 is 0. The van der Waals surface area contributed by atoms with E-state index in [1.165, 1.54) is 101 Å². The molecule has 1 heteroatoms. The Balaban J connectivity index is 1.54. The van der Waals surface area contributed by atoms with Crippen molar-refractivity contribution in [1.82, 2.24) is 0 Å². The smallest absolute Gasteiger partial charge is 0.0912 e. The lowest BCUT2D eigenvalue weighted by atomic mass is 9.79. The number of allylic oxidation sites excluding steroid dienone is 4. The summed E-state index contributed by atoms with van der Waals surface area (Å²) in [5.41, 5.74) is 3.03. The second-order valence-corrected chi connectivity index (χ2v) is 8.88.